The molecule has 116 valence electrons. The van der Waals surface area contributed by atoms with Crippen LogP contribution in [0.3, 0.4) is 0 Å². The van der Waals surface area contributed by atoms with Gasteiger partial charge in [-0.15, -0.1) is 0 Å². The van der Waals surface area contributed by atoms with Crippen molar-refractivity contribution in [2.24, 2.45) is 0 Å². The third-order valence-electron chi connectivity index (χ3n) is 3.13. The van der Waals surface area contributed by atoms with E-state index < -0.39 is 6.09 Å². The van der Waals surface area contributed by atoms with Crippen LogP contribution in [0, 0.1) is 0 Å². The van der Waals surface area contributed by atoms with Gasteiger partial charge in [-0.25, -0.2) is 4.79 Å². The Labute approximate surface area is 128 Å². The lowest BCUT2D eigenvalue weighted by molar-refractivity contribution is 0.0484. The molecule has 2 rings (SSSR count). The molecule has 1 atom stereocenters. The Morgan fingerprint density at radius 1 is 1.38 bits per heavy atom. The smallest absolute Gasteiger partial charge is 0.411 e. The fourth-order valence-corrected chi connectivity index (χ4v) is 2.29. The van der Waals surface area contributed by atoms with Crippen LogP contribution in [0.1, 0.15) is 12.8 Å². The van der Waals surface area contributed by atoms with Gasteiger partial charge in [-0.1, -0.05) is 11.6 Å². The predicted octanol–water partition coefficient (Wildman–Crippen LogP) is 3.08. The lowest BCUT2D eigenvalue weighted by Crippen LogP contribution is -2.21. The highest BCUT2D eigenvalue weighted by Gasteiger charge is 2.18. The van der Waals surface area contributed by atoms with Gasteiger partial charge in [0, 0.05) is 12.7 Å². The number of anilines is 1. The Hall–Kier alpha value is -1.66. The molecule has 21 heavy (non-hydrogen) atoms. The van der Waals surface area contributed by atoms with E-state index in [1.165, 1.54) is 14.2 Å². The van der Waals surface area contributed by atoms with Crippen LogP contribution in [0.15, 0.2) is 12.1 Å². The second kappa shape index (κ2) is 7.38. The van der Waals surface area contributed by atoms with Crippen molar-refractivity contribution in [3.63, 3.8) is 0 Å². The van der Waals surface area contributed by atoms with Crippen LogP contribution < -0.4 is 14.8 Å². The second-order valence-corrected chi connectivity index (χ2v) is 4.95. The molecule has 0 spiro atoms. The van der Waals surface area contributed by atoms with Gasteiger partial charge in [0.25, 0.3) is 0 Å². The summed E-state index contributed by atoms with van der Waals surface area (Å²) < 4.78 is 20.8. The van der Waals surface area contributed by atoms with E-state index in [2.05, 4.69) is 5.32 Å². The molecule has 0 aromatic heterocycles. The minimum Gasteiger partial charge on any atom is -0.495 e. The fourth-order valence-electron chi connectivity index (χ4n) is 2.05. The maximum Gasteiger partial charge on any atom is 0.411 e. The molecule has 0 aliphatic carbocycles. The van der Waals surface area contributed by atoms with Gasteiger partial charge in [-0.05, 0) is 18.9 Å². The van der Waals surface area contributed by atoms with Crippen LogP contribution >= 0.6 is 11.6 Å². The van der Waals surface area contributed by atoms with Crippen LogP contribution in [0.25, 0.3) is 0 Å². The molecule has 1 saturated heterocycles. The highest BCUT2D eigenvalue weighted by atomic mass is 35.5. The van der Waals surface area contributed by atoms with Crippen LogP contribution in [-0.2, 0) is 9.47 Å². The molecule has 1 aliphatic rings. The van der Waals surface area contributed by atoms with E-state index in [-0.39, 0.29) is 12.7 Å². The van der Waals surface area contributed by atoms with E-state index in [4.69, 9.17) is 30.5 Å². The number of rotatable bonds is 5. The maximum absolute atomic E-state index is 11.8. The standard InChI is InChI=1S/C14H18ClNO5/c1-18-12-7-13(19-2)11(6-10(12)15)16-14(17)21-8-9-4-3-5-20-9/h6-7,9H,3-5,8H2,1-2H3,(H,16,17). The third kappa shape index (κ3) is 4.15. The molecule has 1 heterocycles. The van der Waals surface area contributed by atoms with Gasteiger partial charge < -0.3 is 18.9 Å². The summed E-state index contributed by atoms with van der Waals surface area (Å²) in [6.07, 6.45) is 1.31. The molecule has 7 heteroatoms. The lowest BCUT2D eigenvalue weighted by atomic mass is 10.2. The minimum atomic E-state index is -0.579. The first-order valence-corrected chi connectivity index (χ1v) is 6.98. The first-order valence-electron chi connectivity index (χ1n) is 6.61. The molecule has 1 unspecified atom stereocenters. The van der Waals surface area contributed by atoms with Gasteiger partial charge in [-0.2, -0.15) is 0 Å². The van der Waals surface area contributed by atoms with E-state index in [1.807, 2.05) is 0 Å². The van der Waals surface area contributed by atoms with E-state index in [0.29, 0.717) is 22.2 Å². The summed E-state index contributed by atoms with van der Waals surface area (Å²) in [5.74, 6) is 0.900. The highest BCUT2D eigenvalue weighted by molar-refractivity contribution is 6.32. The quantitative estimate of drug-likeness (QED) is 0.904. The van der Waals surface area contributed by atoms with Crippen molar-refractivity contribution in [3.05, 3.63) is 17.2 Å². The van der Waals surface area contributed by atoms with Crippen LogP contribution in [0.5, 0.6) is 11.5 Å². The van der Waals surface area contributed by atoms with Crippen LogP contribution in [-0.4, -0.2) is 39.6 Å². The second-order valence-electron chi connectivity index (χ2n) is 4.55. The molecule has 1 N–H and O–H groups in total. The average Bonchev–Trinajstić information content (AvgIpc) is 2.99. The summed E-state index contributed by atoms with van der Waals surface area (Å²) in [5, 5.41) is 2.96. The van der Waals surface area contributed by atoms with Crippen molar-refractivity contribution < 1.29 is 23.7 Å². The number of carbonyl (C=O) groups is 1. The van der Waals surface area contributed by atoms with Crippen LogP contribution in [0.2, 0.25) is 5.02 Å². The summed E-state index contributed by atoms with van der Waals surface area (Å²) in [6, 6.07) is 3.14. The van der Waals surface area contributed by atoms with Gasteiger partial charge in [-0.3, -0.25) is 5.32 Å². The predicted molar refractivity (Wildman–Crippen MR) is 78.5 cm³/mol. The Bertz CT molecular complexity index is 502. The van der Waals surface area contributed by atoms with Crippen molar-refractivity contribution in [1.82, 2.24) is 0 Å². The zero-order valence-corrected chi connectivity index (χ0v) is 12.7. The summed E-state index contributed by atoms with van der Waals surface area (Å²) in [7, 11) is 3.00. The van der Waals surface area contributed by atoms with Gasteiger partial charge in [0.05, 0.1) is 31.0 Å². The van der Waals surface area contributed by atoms with Crippen molar-refractivity contribution in [2.45, 2.75) is 18.9 Å². The summed E-state index contributed by atoms with van der Waals surface area (Å²) in [4.78, 5) is 11.8. The van der Waals surface area contributed by atoms with Gasteiger partial charge in [0.1, 0.15) is 18.1 Å². The zero-order valence-electron chi connectivity index (χ0n) is 12.0. The van der Waals surface area contributed by atoms with E-state index in [0.717, 1.165) is 19.4 Å². The van der Waals surface area contributed by atoms with Crippen molar-refractivity contribution in [3.8, 4) is 11.5 Å². The monoisotopic (exact) mass is 315 g/mol. The molecule has 1 aromatic rings. The number of benzene rings is 1. The van der Waals surface area contributed by atoms with E-state index in [1.54, 1.807) is 12.1 Å². The van der Waals surface area contributed by atoms with E-state index >= 15 is 0 Å². The molecule has 1 aliphatic heterocycles. The topological polar surface area (TPSA) is 66.0 Å². The first kappa shape index (κ1) is 15.7. The number of amides is 1. The van der Waals surface area contributed by atoms with Gasteiger partial charge >= 0.3 is 6.09 Å². The van der Waals surface area contributed by atoms with Crippen molar-refractivity contribution in [1.29, 1.82) is 0 Å². The third-order valence-corrected chi connectivity index (χ3v) is 3.43. The first-order chi connectivity index (χ1) is 10.1. The molecule has 1 fully saturated rings. The Morgan fingerprint density at radius 2 is 2.14 bits per heavy atom. The number of hydrogen-bond donors (Lipinski definition) is 1. The highest BCUT2D eigenvalue weighted by Crippen LogP contribution is 2.35. The van der Waals surface area contributed by atoms with Gasteiger partial charge in [0.2, 0.25) is 0 Å². The molecule has 1 amide bonds. The number of halogens is 1. The Kier molecular flexibility index (Phi) is 5.52. The molecule has 6 nitrogen and oxygen atoms in total. The summed E-state index contributed by atoms with van der Waals surface area (Å²) in [6.45, 7) is 0.954. The lowest BCUT2D eigenvalue weighted by Gasteiger charge is -2.14. The maximum atomic E-state index is 11.8. The minimum absolute atomic E-state index is 0.0166. The van der Waals surface area contributed by atoms with Crippen molar-refractivity contribution in [2.75, 3.05) is 32.8 Å². The zero-order chi connectivity index (χ0) is 15.2. The van der Waals surface area contributed by atoms with Crippen LogP contribution in [0.4, 0.5) is 10.5 Å². The summed E-state index contributed by atoms with van der Waals surface area (Å²) >= 11 is 6.03. The average molecular weight is 316 g/mol. The van der Waals surface area contributed by atoms with Gasteiger partial charge in [0.15, 0.2) is 0 Å². The number of carbonyl (C=O) groups excluding carboxylic acids is 1. The molecule has 0 radical (unpaired) electrons. The normalized spacial score (nSPS) is 17.4. The largest absolute Gasteiger partial charge is 0.495 e. The fraction of sp³-hybridized carbons (Fsp3) is 0.500. The molecule has 1 aromatic carbocycles. The molecule has 0 bridgehead atoms. The summed E-state index contributed by atoms with van der Waals surface area (Å²) in [5.41, 5.74) is 0.417. The van der Waals surface area contributed by atoms with Crippen molar-refractivity contribution >= 4 is 23.4 Å². The number of methoxy groups -OCH3 is 2. The molecular weight excluding hydrogens is 298 g/mol. The number of nitrogens with one attached hydrogen (secondary N) is 1. The van der Waals surface area contributed by atoms with E-state index in [9.17, 15) is 4.79 Å². The number of ether oxygens (including phenoxy) is 4. The Morgan fingerprint density at radius 3 is 2.76 bits per heavy atom. The Balaban J connectivity index is 1.97. The molecular formula is C14H18ClNO5. The molecule has 0 saturated carbocycles. The SMILES string of the molecule is COc1cc(OC)c(NC(=O)OCC2CCCO2)cc1Cl. The number of hydrogen-bond acceptors (Lipinski definition) is 5.